The molecule has 0 amide bonds. The summed E-state index contributed by atoms with van der Waals surface area (Å²) in [5.41, 5.74) is 3.67. The van der Waals surface area contributed by atoms with E-state index in [4.69, 9.17) is 0 Å². The normalized spacial score (nSPS) is 19.1. The number of fused-ring (bicyclic) bond motifs is 1. The number of hydrogen-bond acceptors (Lipinski definition) is 3. The Balaban J connectivity index is 1.84. The fourth-order valence-electron chi connectivity index (χ4n) is 2.81. The number of nitrogens with zero attached hydrogens (tertiary/aromatic N) is 2. The fraction of sp³-hybridized carbons (Fsp3) is 0.312. The molecule has 0 radical (unpaired) electrons. The van der Waals surface area contributed by atoms with Crippen LogP contribution in [0.5, 0.6) is 0 Å². The molecule has 0 saturated carbocycles. The first-order valence-electron chi connectivity index (χ1n) is 6.71. The molecule has 2 aromatic rings. The van der Waals surface area contributed by atoms with Crippen LogP contribution in [-0.2, 0) is 13.0 Å². The summed E-state index contributed by atoms with van der Waals surface area (Å²) in [6, 6.07) is 14.5. The third-order valence-electron chi connectivity index (χ3n) is 3.79. The number of aliphatic hydroxyl groups excluding tert-OH is 1. The summed E-state index contributed by atoms with van der Waals surface area (Å²) in [7, 11) is 0. The molecule has 0 fully saturated rings. The van der Waals surface area contributed by atoms with Crippen molar-refractivity contribution in [2.75, 3.05) is 13.2 Å². The number of benzene rings is 1. The van der Waals surface area contributed by atoms with Gasteiger partial charge in [-0.25, -0.2) is 0 Å². The summed E-state index contributed by atoms with van der Waals surface area (Å²) in [6.45, 7) is 1.92. The lowest BCUT2D eigenvalue weighted by atomic mass is 9.93. The molecule has 0 aliphatic carbocycles. The summed E-state index contributed by atoms with van der Waals surface area (Å²) < 4.78 is 0. The summed E-state index contributed by atoms with van der Waals surface area (Å²) in [5, 5.41) is 9.72. The van der Waals surface area contributed by atoms with Crippen LogP contribution in [0.1, 0.15) is 22.9 Å². The predicted molar refractivity (Wildman–Crippen MR) is 74.6 cm³/mol. The van der Waals surface area contributed by atoms with Crippen molar-refractivity contribution >= 4 is 0 Å². The summed E-state index contributed by atoms with van der Waals surface area (Å²) in [5.74, 6) is 0. The van der Waals surface area contributed by atoms with Gasteiger partial charge >= 0.3 is 0 Å². The lowest BCUT2D eigenvalue weighted by molar-refractivity contribution is 0.107. The molecule has 1 aromatic carbocycles. The van der Waals surface area contributed by atoms with E-state index in [1.165, 1.54) is 11.1 Å². The molecular formula is C16H18N2O. The Morgan fingerprint density at radius 2 is 2.00 bits per heavy atom. The Hall–Kier alpha value is -1.71. The molecule has 1 aromatic heterocycles. The van der Waals surface area contributed by atoms with E-state index in [1.807, 2.05) is 30.5 Å². The molecule has 1 N–H and O–H groups in total. The standard InChI is InChI=1S/C16H18N2O/c19-12-16-15-7-2-1-5-13(15)8-10-18(16)11-14-6-3-4-9-17-14/h1-7,9,16,19H,8,10-12H2. The van der Waals surface area contributed by atoms with Crippen molar-refractivity contribution < 1.29 is 5.11 Å². The minimum atomic E-state index is 0.0898. The number of rotatable bonds is 3. The Kier molecular flexibility index (Phi) is 3.58. The van der Waals surface area contributed by atoms with Gasteiger partial charge in [0.1, 0.15) is 0 Å². The fourth-order valence-corrected chi connectivity index (χ4v) is 2.81. The highest BCUT2D eigenvalue weighted by molar-refractivity contribution is 5.32. The van der Waals surface area contributed by atoms with E-state index in [9.17, 15) is 5.11 Å². The molecule has 3 nitrogen and oxygen atoms in total. The largest absolute Gasteiger partial charge is 0.394 e. The van der Waals surface area contributed by atoms with Gasteiger partial charge in [0.05, 0.1) is 18.3 Å². The van der Waals surface area contributed by atoms with E-state index >= 15 is 0 Å². The van der Waals surface area contributed by atoms with Gasteiger partial charge < -0.3 is 5.11 Å². The van der Waals surface area contributed by atoms with Crippen molar-refractivity contribution in [2.24, 2.45) is 0 Å². The Labute approximate surface area is 113 Å². The number of aliphatic hydroxyl groups is 1. The summed E-state index contributed by atoms with van der Waals surface area (Å²) >= 11 is 0. The van der Waals surface area contributed by atoms with Gasteiger partial charge in [-0.1, -0.05) is 30.3 Å². The average Bonchev–Trinajstić information content (AvgIpc) is 2.48. The van der Waals surface area contributed by atoms with Gasteiger partial charge in [0.2, 0.25) is 0 Å². The number of aromatic nitrogens is 1. The molecule has 3 rings (SSSR count). The SMILES string of the molecule is OCC1c2ccccc2CCN1Cc1ccccn1. The maximum Gasteiger partial charge on any atom is 0.0628 e. The van der Waals surface area contributed by atoms with Crippen molar-refractivity contribution in [2.45, 2.75) is 19.0 Å². The Bertz CT molecular complexity index is 541. The number of hydrogen-bond donors (Lipinski definition) is 1. The van der Waals surface area contributed by atoms with E-state index in [0.29, 0.717) is 0 Å². The highest BCUT2D eigenvalue weighted by Gasteiger charge is 2.26. The van der Waals surface area contributed by atoms with Crippen LogP contribution < -0.4 is 0 Å². The van der Waals surface area contributed by atoms with Crippen LogP contribution >= 0.6 is 0 Å². The highest BCUT2D eigenvalue weighted by atomic mass is 16.3. The predicted octanol–water partition coefficient (Wildman–Crippen LogP) is 2.17. The summed E-state index contributed by atoms with van der Waals surface area (Å²) in [4.78, 5) is 6.68. The average molecular weight is 254 g/mol. The van der Waals surface area contributed by atoms with Crippen LogP contribution in [0.15, 0.2) is 48.7 Å². The summed E-state index contributed by atoms with van der Waals surface area (Å²) in [6.07, 6.45) is 2.86. The molecule has 1 aliphatic rings. The van der Waals surface area contributed by atoms with Crippen LogP contribution in [0.25, 0.3) is 0 Å². The Morgan fingerprint density at radius 1 is 1.16 bits per heavy atom. The Morgan fingerprint density at radius 3 is 2.79 bits per heavy atom. The number of pyridine rings is 1. The topological polar surface area (TPSA) is 36.4 Å². The first kappa shape index (κ1) is 12.3. The maximum absolute atomic E-state index is 9.72. The molecule has 1 atom stereocenters. The minimum absolute atomic E-state index is 0.0898. The zero-order chi connectivity index (χ0) is 13.1. The van der Waals surface area contributed by atoms with Crippen molar-refractivity contribution in [3.05, 3.63) is 65.5 Å². The van der Waals surface area contributed by atoms with Crippen molar-refractivity contribution in [3.63, 3.8) is 0 Å². The smallest absolute Gasteiger partial charge is 0.0628 e. The van der Waals surface area contributed by atoms with Crippen LogP contribution in [-0.4, -0.2) is 28.1 Å². The lowest BCUT2D eigenvalue weighted by Crippen LogP contribution is -2.37. The van der Waals surface area contributed by atoms with Crippen molar-refractivity contribution in [3.8, 4) is 0 Å². The minimum Gasteiger partial charge on any atom is -0.394 e. The quantitative estimate of drug-likeness (QED) is 0.912. The second-order valence-electron chi connectivity index (χ2n) is 4.94. The van der Waals surface area contributed by atoms with Crippen LogP contribution in [0.2, 0.25) is 0 Å². The highest BCUT2D eigenvalue weighted by Crippen LogP contribution is 2.30. The third-order valence-corrected chi connectivity index (χ3v) is 3.79. The molecular weight excluding hydrogens is 236 g/mol. The van der Waals surface area contributed by atoms with Crippen LogP contribution in [0.4, 0.5) is 0 Å². The van der Waals surface area contributed by atoms with Gasteiger partial charge in [-0.05, 0) is 29.7 Å². The van der Waals surface area contributed by atoms with Gasteiger partial charge in [0.25, 0.3) is 0 Å². The second kappa shape index (κ2) is 5.51. The molecule has 1 unspecified atom stereocenters. The molecule has 98 valence electrons. The first-order valence-corrected chi connectivity index (χ1v) is 6.71. The zero-order valence-electron chi connectivity index (χ0n) is 10.9. The zero-order valence-corrected chi connectivity index (χ0v) is 10.9. The molecule has 0 bridgehead atoms. The van der Waals surface area contributed by atoms with Gasteiger partial charge in [-0.15, -0.1) is 0 Å². The molecule has 0 spiro atoms. The van der Waals surface area contributed by atoms with Gasteiger partial charge in [-0.2, -0.15) is 0 Å². The van der Waals surface area contributed by atoms with E-state index in [2.05, 4.69) is 28.1 Å². The first-order chi connectivity index (χ1) is 9.38. The molecule has 3 heteroatoms. The van der Waals surface area contributed by atoms with Gasteiger partial charge in [-0.3, -0.25) is 9.88 Å². The van der Waals surface area contributed by atoms with Gasteiger partial charge in [0, 0.05) is 19.3 Å². The second-order valence-corrected chi connectivity index (χ2v) is 4.94. The monoisotopic (exact) mass is 254 g/mol. The van der Waals surface area contributed by atoms with E-state index in [-0.39, 0.29) is 12.6 Å². The molecule has 1 aliphatic heterocycles. The molecule has 0 saturated heterocycles. The van der Waals surface area contributed by atoms with E-state index in [1.54, 1.807) is 0 Å². The molecule has 19 heavy (non-hydrogen) atoms. The maximum atomic E-state index is 9.72. The molecule has 2 heterocycles. The third kappa shape index (κ3) is 2.53. The van der Waals surface area contributed by atoms with E-state index in [0.717, 1.165) is 25.2 Å². The van der Waals surface area contributed by atoms with Crippen LogP contribution in [0.3, 0.4) is 0 Å². The van der Waals surface area contributed by atoms with Crippen LogP contribution in [0, 0.1) is 0 Å². The van der Waals surface area contributed by atoms with Crippen molar-refractivity contribution in [1.82, 2.24) is 9.88 Å². The lowest BCUT2D eigenvalue weighted by Gasteiger charge is -2.36. The van der Waals surface area contributed by atoms with Gasteiger partial charge in [0.15, 0.2) is 0 Å². The van der Waals surface area contributed by atoms with Crippen molar-refractivity contribution in [1.29, 1.82) is 0 Å². The van der Waals surface area contributed by atoms with E-state index < -0.39 is 0 Å².